The maximum atomic E-state index is 12.7. The highest BCUT2D eigenvalue weighted by Crippen LogP contribution is 2.17. The van der Waals surface area contributed by atoms with Crippen LogP contribution in [0.1, 0.15) is 38.2 Å². The summed E-state index contributed by atoms with van der Waals surface area (Å²) in [6.07, 6.45) is 4.31. The van der Waals surface area contributed by atoms with Gasteiger partial charge in [-0.3, -0.25) is 14.5 Å². The molecule has 3 rings (SSSR count). The van der Waals surface area contributed by atoms with E-state index in [4.69, 9.17) is 9.47 Å². The van der Waals surface area contributed by atoms with Crippen LogP contribution < -0.4 is 14.8 Å². The Morgan fingerprint density at radius 2 is 1.82 bits per heavy atom. The molecule has 0 aliphatic carbocycles. The van der Waals surface area contributed by atoms with Crippen molar-refractivity contribution in [2.45, 2.75) is 43.9 Å². The van der Waals surface area contributed by atoms with Gasteiger partial charge in [0.1, 0.15) is 11.6 Å². The highest BCUT2D eigenvalue weighted by atomic mass is 32.2. The van der Waals surface area contributed by atoms with Gasteiger partial charge in [-0.05, 0) is 55.2 Å². The van der Waals surface area contributed by atoms with Gasteiger partial charge in [0.05, 0.1) is 4.90 Å². The van der Waals surface area contributed by atoms with Crippen molar-refractivity contribution >= 4 is 33.4 Å². The minimum absolute atomic E-state index is 0.00302. The normalized spacial score (nSPS) is 13.9. The molecule has 10 heteroatoms. The molecule has 2 N–H and O–H groups in total. The topological polar surface area (TPSA) is 123 Å². The zero-order valence-corrected chi connectivity index (χ0v) is 19.9. The van der Waals surface area contributed by atoms with E-state index < -0.39 is 28.5 Å². The lowest BCUT2D eigenvalue weighted by molar-refractivity contribution is -0.149. The van der Waals surface area contributed by atoms with Crippen LogP contribution in [0.4, 0.5) is 5.69 Å². The molecule has 0 bridgehead atoms. The average molecular weight is 488 g/mol. The van der Waals surface area contributed by atoms with Crippen LogP contribution in [0.2, 0.25) is 0 Å². The molecule has 0 aromatic heterocycles. The Balaban J connectivity index is 1.48. The molecular formula is C24H29N3O6S. The van der Waals surface area contributed by atoms with Crippen LogP contribution in [0.5, 0.6) is 5.75 Å². The second-order valence-electron chi connectivity index (χ2n) is 7.77. The first-order valence-electron chi connectivity index (χ1n) is 11.2. The number of esters is 1. The summed E-state index contributed by atoms with van der Waals surface area (Å²) in [4.78, 5) is 28.3. The number of hydrogen-bond donors (Lipinski definition) is 2. The number of carbonyl (C=O) groups is 2. The van der Waals surface area contributed by atoms with Gasteiger partial charge in [-0.25, -0.2) is 13.2 Å². The molecule has 182 valence electrons. The predicted octanol–water partition coefficient (Wildman–Crippen LogP) is 3.06. The number of carbonyl (C=O) groups excluding carboxylic acids is 2. The summed E-state index contributed by atoms with van der Waals surface area (Å²) in [6, 6.07) is 13.2. The van der Waals surface area contributed by atoms with Gasteiger partial charge in [0.25, 0.3) is 15.9 Å². The van der Waals surface area contributed by atoms with Crippen LogP contribution in [0, 0.1) is 0 Å². The predicted molar refractivity (Wildman–Crippen MR) is 128 cm³/mol. The van der Waals surface area contributed by atoms with Crippen molar-refractivity contribution in [2.24, 2.45) is 4.99 Å². The molecule has 1 heterocycles. The number of amidine groups is 1. The molecule has 0 saturated carbocycles. The molecule has 1 aliphatic rings. The van der Waals surface area contributed by atoms with Gasteiger partial charge in [0.15, 0.2) is 13.2 Å². The first-order chi connectivity index (χ1) is 16.4. The van der Waals surface area contributed by atoms with Gasteiger partial charge in [-0.2, -0.15) is 0 Å². The second-order valence-corrected chi connectivity index (χ2v) is 9.45. The molecule has 1 aliphatic heterocycles. The minimum atomic E-state index is -3.83. The number of nitrogens with zero attached hydrogens (tertiary/aromatic N) is 1. The van der Waals surface area contributed by atoms with Gasteiger partial charge in [0.2, 0.25) is 0 Å². The summed E-state index contributed by atoms with van der Waals surface area (Å²) in [5.41, 5.74) is 1.41. The molecular weight excluding hydrogens is 458 g/mol. The number of aryl methyl sites for hydroxylation is 1. The lowest BCUT2D eigenvalue weighted by Gasteiger charge is -2.11. The van der Waals surface area contributed by atoms with E-state index in [-0.39, 0.29) is 17.2 Å². The number of rotatable bonds is 9. The SMILES string of the molecule is CCc1ccc(OCC(=O)OCC(=O)Nc2cccc(S(=O)(=O)NC3=NCCCCC3)c2)cc1. The van der Waals surface area contributed by atoms with E-state index in [9.17, 15) is 18.0 Å². The smallest absolute Gasteiger partial charge is 0.344 e. The maximum absolute atomic E-state index is 12.7. The van der Waals surface area contributed by atoms with Crippen LogP contribution in [-0.4, -0.2) is 45.9 Å². The number of amides is 1. The standard InChI is InChI=1S/C24H29N3O6S/c1-2-18-10-12-20(13-11-18)32-17-24(29)33-16-23(28)26-19-7-6-8-21(15-19)34(30,31)27-22-9-4-3-5-14-25-22/h6-8,10-13,15H,2-5,9,14,16-17H2,1H3,(H,25,27)(H,26,28). The third-order valence-corrected chi connectivity index (χ3v) is 6.49. The third-order valence-electron chi connectivity index (χ3n) is 5.11. The Bertz CT molecular complexity index is 1130. The largest absolute Gasteiger partial charge is 0.482 e. The summed E-state index contributed by atoms with van der Waals surface area (Å²) in [5, 5.41) is 2.53. The first-order valence-corrected chi connectivity index (χ1v) is 12.7. The van der Waals surface area contributed by atoms with Crippen LogP contribution in [-0.2, 0) is 30.8 Å². The molecule has 0 unspecified atom stereocenters. The highest BCUT2D eigenvalue weighted by Gasteiger charge is 2.18. The molecule has 9 nitrogen and oxygen atoms in total. The number of anilines is 1. The van der Waals surface area contributed by atoms with E-state index >= 15 is 0 Å². The Kier molecular flexibility index (Phi) is 9.03. The number of aliphatic imine (C=N–C) groups is 1. The van der Waals surface area contributed by atoms with Crippen molar-refractivity contribution in [1.82, 2.24) is 4.72 Å². The van der Waals surface area contributed by atoms with Gasteiger partial charge >= 0.3 is 5.97 Å². The zero-order chi connectivity index (χ0) is 24.4. The monoisotopic (exact) mass is 487 g/mol. The number of hydrogen-bond acceptors (Lipinski definition) is 7. The lowest BCUT2D eigenvalue weighted by Crippen LogP contribution is -2.30. The average Bonchev–Trinajstić information content (AvgIpc) is 3.10. The lowest BCUT2D eigenvalue weighted by atomic mass is 10.2. The number of nitrogens with one attached hydrogen (secondary N) is 2. The summed E-state index contributed by atoms with van der Waals surface area (Å²) in [6.45, 7) is 1.78. The molecule has 0 fully saturated rings. The van der Waals surface area contributed by atoms with E-state index in [0.29, 0.717) is 24.6 Å². The van der Waals surface area contributed by atoms with Gasteiger partial charge in [0, 0.05) is 18.7 Å². The minimum Gasteiger partial charge on any atom is -0.482 e. The maximum Gasteiger partial charge on any atom is 0.344 e. The van der Waals surface area contributed by atoms with Crippen molar-refractivity contribution < 1.29 is 27.5 Å². The molecule has 0 saturated heterocycles. The van der Waals surface area contributed by atoms with E-state index in [2.05, 4.69) is 15.0 Å². The van der Waals surface area contributed by atoms with Crippen LogP contribution in [0.3, 0.4) is 0 Å². The molecule has 0 spiro atoms. The Morgan fingerprint density at radius 1 is 1.03 bits per heavy atom. The van der Waals surface area contributed by atoms with E-state index in [1.54, 1.807) is 18.2 Å². The van der Waals surface area contributed by atoms with Gasteiger partial charge in [-0.15, -0.1) is 0 Å². The van der Waals surface area contributed by atoms with Crippen LogP contribution >= 0.6 is 0 Å². The molecule has 2 aromatic rings. The quantitative estimate of drug-likeness (QED) is 0.524. The number of benzene rings is 2. The molecule has 2 aromatic carbocycles. The van der Waals surface area contributed by atoms with Crippen molar-refractivity contribution in [3.8, 4) is 5.75 Å². The van der Waals surface area contributed by atoms with Gasteiger partial charge < -0.3 is 14.8 Å². The summed E-state index contributed by atoms with van der Waals surface area (Å²) >= 11 is 0. The summed E-state index contributed by atoms with van der Waals surface area (Å²) in [7, 11) is -3.83. The summed E-state index contributed by atoms with van der Waals surface area (Å²) < 4.78 is 38.2. The van der Waals surface area contributed by atoms with E-state index in [1.807, 2.05) is 19.1 Å². The Hall–Kier alpha value is -3.40. The fraction of sp³-hybridized carbons (Fsp3) is 0.375. The van der Waals surface area contributed by atoms with Crippen molar-refractivity contribution in [3.63, 3.8) is 0 Å². The summed E-state index contributed by atoms with van der Waals surface area (Å²) in [5.74, 6) is -0.321. The first kappa shape index (κ1) is 25.2. The molecule has 1 amide bonds. The molecule has 0 radical (unpaired) electrons. The van der Waals surface area contributed by atoms with Crippen molar-refractivity contribution in [3.05, 3.63) is 54.1 Å². The van der Waals surface area contributed by atoms with Crippen molar-refractivity contribution in [1.29, 1.82) is 0 Å². The second kappa shape index (κ2) is 12.2. The molecule has 0 atom stereocenters. The van der Waals surface area contributed by atoms with E-state index in [1.165, 1.54) is 18.2 Å². The third kappa shape index (κ3) is 7.87. The van der Waals surface area contributed by atoms with Crippen molar-refractivity contribution in [2.75, 3.05) is 25.1 Å². The van der Waals surface area contributed by atoms with Crippen LogP contribution in [0.15, 0.2) is 58.4 Å². The fourth-order valence-corrected chi connectivity index (χ4v) is 4.40. The Labute approximate surface area is 199 Å². The Morgan fingerprint density at radius 3 is 2.59 bits per heavy atom. The number of sulfonamides is 1. The van der Waals surface area contributed by atoms with Gasteiger partial charge in [-0.1, -0.05) is 31.5 Å². The van der Waals surface area contributed by atoms with Crippen LogP contribution in [0.25, 0.3) is 0 Å². The molecule has 34 heavy (non-hydrogen) atoms. The zero-order valence-electron chi connectivity index (χ0n) is 19.1. The fourth-order valence-electron chi connectivity index (χ4n) is 3.26. The number of ether oxygens (including phenoxy) is 2. The van der Waals surface area contributed by atoms with E-state index in [0.717, 1.165) is 31.2 Å². The highest BCUT2D eigenvalue weighted by molar-refractivity contribution is 7.90.